The van der Waals surface area contributed by atoms with Crippen molar-refractivity contribution >= 4 is 5.82 Å². The molecule has 0 atom stereocenters. The quantitative estimate of drug-likeness (QED) is 0.780. The van der Waals surface area contributed by atoms with Gasteiger partial charge in [-0.3, -0.25) is 4.68 Å². The fourth-order valence-corrected chi connectivity index (χ4v) is 1.83. The van der Waals surface area contributed by atoms with Crippen molar-refractivity contribution in [2.75, 3.05) is 5.32 Å². The molecule has 1 aromatic rings. The lowest BCUT2D eigenvalue weighted by Gasteiger charge is -2.16. The molecule has 86 valence electrons. The molecular formula is C12H23N3. The Hall–Kier alpha value is -0.990. The van der Waals surface area contributed by atoms with Crippen LogP contribution in [0.25, 0.3) is 0 Å². The molecule has 0 aliphatic carbocycles. The normalized spacial score (nSPS) is 11.0. The Labute approximate surface area is 92.9 Å². The van der Waals surface area contributed by atoms with Crippen molar-refractivity contribution in [2.24, 2.45) is 7.05 Å². The van der Waals surface area contributed by atoms with Gasteiger partial charge < -0.3 is 5.32 Å². The maximum absolute atomic E-state index is 4.42. The van der Waals surface area contributed by atoms with E-state index in [9.17, 15) is 0 Å². The predicted octanol–water partition coefficient (Wildman–Crippen LogP) is 3.11. The van der Waals surface area contributed by atoms with E-state index in [4.69, 9.17) is 0 Å². The van der Waals surface area contributed by atoms with Gasteiger partial charge >= 0.3 is 0 Å². The number of anilines is 1. The van der Waals surface area contributed by atoms with Crippen molar-refractivity contribution in [1.29, 1.82) is 0 Å². The molecule has 1 rings (SSSR count). The van der Waals surface area contributed by atoms with Gasteiger partial charge in [-0.1, -0.05) is 26.7 Å². The Morgan fingerprint density at radius 3 is 2.33 bits per heavy atom. The number of nitrogens with one attached hydrogen (secondary N) is 1. The van der Waals surface area contributed by atoms with Crippen LogP contribution < -0.4 is 5.32 Å². The molecule has 1 N–H and O–H groups in total. The third kappa shape index (κ3) is 3.57. The molecule has 0 spiro atoms. The van der Waals surface area contributed by atoms with Crippen molar-refractivity contribution in [1.82, 2.24) is 9.78 Å². The van der Waals surface area contributed by atoms with Crippen LogP contribution in [0.15, 0.2) is 6.07 Å². The van der Waals surface area contributed by atoms with Gasteiger partial charge in [-0.25, -0.2) is 0 Å². The van der Waals surface area contributed by atoms with Crippen LogP contribution in [-0.4, -0.2) is 15.8 Å². The maximum atomic E-state index is 4.42. The lowest BCUT2D eigenvalue weighted by atomic mass is 10.1. The highest BCUT2D eigenvalue weighted by Crippen LogP contribution is 2.13. The van der Waals surface area contributed by atoms with Crippen LogP contribution in [0.4, 0.5) is 5.82 Å². The number of aromatic nitrogens is 2. The lowest BCUT2D eigenvalue weighted by molar-refractivity contribution is 0.582. The van der Waals surface area contributed by atoms with Crippen LogP contribution in [0.3, 0.4) is 0 Å². The topological polar surface area (TPSA) is 29.9 Å². The highest BCUT2D eigenvalue weighted by atomic mass is 15.3. The molecule has 0 aliphatic heterocycles. The van der Waals surface area contributed by atoms with E-state index in [2.05, 4.69) is 37.3 Å². The first kappa shape index (κ1) is 12.1. The summed E-state index contributed by atoms with van der Waals surface area (Å²) in [7, 11) is 1.98. The number of aryl methyl sites for hydroxylation is 2. The Balaban J connectivity index is 2.56. The van der Waals surface area contributed by atoms with E-state index in [0.29, 0.717) is 6.04 Å². The third-order valence-electron chi connectivity index (χ3n) is 2.74. The molecule has 0 saturated carbocycles. The molecule has 1 aromatic heterocycles. The molecule has 3 heteroatoms. The summed E-state index contributed by atoms with van der Waals surface area (Å²) < 4.78 is 1.91. The average Bonchev–Trinajstić information content (AvgIpc) is 2.47. The zero-order valence-electron chi connectivity index (χ0n) is 10.4. The molecule has 0 unspecified atom stereocenters. The molecule has 0 saturated heterocycles. The smallest absolute Gasteiger partial charge is 0.148 e. The van der Waals surface area contributed by atoms with Gasteiger partial charge in [0.25, 0.3) is 0 Å². The van der Waals surface area contributed by atoms with Crippen LogP contribution in [-0.2, 0) is 7.05 Å². The summed E-state index contributed by atoms with van der Waals surface area (Å²) in [6, 6.07) is 2.69. The maximum Gasteiger partial charge on any atom is 0.148 e. The van der Waals surface area contributed by atoms with E-state index >= 15 is 0 Å². The molecule has 0 amide bonds. The number of rotatable bonds is 6. The summed E-state index contributed by atoms with van der Waals surface area (Å²) in [5, 5.41) is 7.93. The largest absolute Gasteiger partial charge is 0.366 e. The Morgan fingerprint density at radius 1 is 1.33 bits per heavy atom. The minimum absolute atomic E-state index is 0.578. The second-order valence-electron chi connectivity index (χ2n) is 4.21. The summed E-state index contributed by atoms with van der Waals surface area (Å²) in [6.45, 7) is 6.54. The molecule has 0 aliphatic rings. The van der Waals surface area contributed by atoms with Gasteiger partial charge in [-0.2, -0.15) is 5.10 Å². The van der Waals surface area contributed by atoms with E-state index in [-0.39, 0.29) is 0 Å². The minimum Gasteiger partial charge on any atom is -0.366 e. The van der Waals surface area contributed by atoms with Crippen LogP contribution in [0.1, 0.15) is 45.2 Å². The fourth-order valence-electron chi connectivity index (χ4n) is 1.83. The molecule has 15 heavy (non-hydrogen) atoms. The first-order valence-electron chi connectivity index (χ1n) is 5.94. The lowest BCUT2D eigenvalue weighted by Crippen LogP contribution is -2.19. The van der Waals surface area contributed by atoms with Gasteiger partial charge in [0.05, 0.1) is 0 Å². The molecule has 0 fully saturated rings. The summed E-state index contributed by atoms with van der Waals surface area (Å²) in [5.74, 6) is 1.02. The first-order valence-corrected chi connectivity index (χ1v) is 5.94. The van der Waals surface area contributed by atoms with Crippen molar-refractivity contribution < 1.29 is 0 Å². The summed E-state index contributed by atoms with van der Waals surface area (Å²) in [5.41, 5.74) is 1.20. The Bertz CT molecular complexity index is 266. The zero-order chi connectivity index (χ0) is 11.3. The van der Waals surface area contributed by atoms with Crippen molar-refractivity contribution in [3.63, 3.8) is 0 Å². The van der Waals surface area contributed by atoms with Crippen molar-refractivity contribution in [3.05, 3.63) is 11.8 Å². The Kier molecular flexibility index (Phi) is 4.66. The van der Waals surface area contributed by atoms with Crippen LogP contribution in [0.5, 0.6) is 0 Å². The standard InChI is InChI=1S/C12H23N3/c1-5-7-11(8-6-2)13-12-9-10(3)15(4)14-12/h9,11H,5-8H2,1-4H3,(H,13,14). The summed E-state index contributed by atoms with van der Waals surface area (Å²) in [6.07, 6.45) is 4.90. The fraction of sp³-hybridized carbons (Fsp3) is 0.750. The van der Waals surface area contributed by atoms with E-state index in [1.807, 2.05) is 11.7 Å². The molecule has 3 nitrogen and oxygen atoms in total. The van der Waals surface area contributed by atoms with Gasteiger partial charge in [0, 0.05) is 24.8 Å². The monoisotopic (exact) mass is 209 g/mol. The number of hydrogen-bond donors (Lipinski definition) is 1. The molecule has 0 radical (unpaired) electrons. The van der Waals surface area contributed by atoms with E-state index in [1.165, 1.54) is 31.4 Å². The van der Waals surface area contributed by atoms with Gasteiger partial charge in [-0.15, -0.1) is 0 Å². The molecular weight excluding hydrogens is 186 g/mol. The van der Waals surface area contributed by atoms with Crippen LogP contribution >= 0.6 is 0 Å². The number of nitrogens with zero attached hydrogens (tertiary/aromatic N) is 2. The summed E-state index contributed by atoms with van der Waals surface area (Å²) in [4.78, 5) is 0. The van der Waals surface area contributed by atoms with Crippen molar-refractivity contribution in [3.8, 4) is 0 Å². The average molecular weight is 209 g/mol. The SMILES string of the molecule is CCCC(CCC)Nc1cc(C)n(C)n1. The van der Waals surface area contributed by atoms with Crippen molar-refractivity contribution in [2.45, 2.75) is 52.5 Å². The highest BCUT2D eigenvalue weighted by Gasteiger charge is 2.08. The highest BCUT2D eigenvalue weighted by molar-refractivity contribution is 5.36. The predicted molar refractivity (Wildman–Crippen MR) is 65.2 cm³/mol. The third-order valence-corrected chi connectivity index (χ3v) is 2.74. The second-order valence-corrected chi connectivity index (χ2v) is 4.21. The second kappa shape index (κ2) is 5.79. The molecule has 0 aromatic carbocycles. The van der Waals surface area contributed by atoms with E-state index in [1.54, 1.807) is 0 Å². The van der Waals surface area contributed by atoms with Gasteiger partial charge in [0.2, 0.25) is 0 Å². The van der Waals surface area contributed by atoms with Gasteiger partial charge in [-0.05, 0) is 19.8 Å². The first-order chi connectivity index (χ1) is 7.17. The van der Waals surface area contributed by atoms with E-state index < -0.39 is 0 Å². The minimum atomic E-state index is 0.578. The number of hydrogen-bond acceptors (Lipinski definition) is 2. The zero-order valence-corrected chi connectivity index (χ0v) is 10.4. The molecule has 0 bridgehead atoms. The van der Waals surface area contributed by atoms with Gasteiger partial charge in [0.1, 0.15) is 5.82 Å². The summed E-state index contributed by atoms with van der Waals surface area (Å²) >= 11 is 0. The van der Waals surface area contributed by atoms with Crippen LogP contribution in [0, 0.1) is 6.92 Å². The van der Waals surface area contributed by atoms with Crippen LogP contribution in [0.2, 0.25) is 0 Å². The van der Waals surface area contributed by atoms with E-state index in [0.717, 1.165) is 5.82 Å². The Morgan fingerprint density at radius 2 is 1.93 bits per heavy atom. The van der Waals surface area contributed by atoms with Gasteiger partial charge in [0.15, 0.2) is 0 Å². The molecule has 1 heterocycles.